The SMILES string of the molecule is Cc1sc(-n2cnc(C3CC3)c2)cc1C(=O)Cl. The number of aromatic nitrogens is 2. The highest BCUT2D eigenvalue weighted by molar-refractivity contribution is 7.15. The minimum atomic E-state index is -0.396. The molecule has 0 aliphatic heterocycles. The van der Waals surface area contributed by atoms with Gasteiger partial charge < -0.3 is 0 Å². The van der Waals surface area contributed by atoms with Gasteiger partial charge in [-0.15, -0.1) is 11.3 Å². The molecule has 1 saturated carbocycles. The second kappa shape index (κ2) is 3.96. The molecule has 0 aromatic carbocycles. The molecule has 1 aliphatic carbocycles. The molecule has 2 heterocycles. The Morgan fingerprint density at radius 3 is 2.94 bits per heavy atom. The van der Waals surface area contributed by atoms with Crippen LogP contribution in [0.25, 0.3) is 5.00 Å². The van der Waals surface area contributed by atoms with Gasteiger partial charge in [0.15, 0.2) is 0 Å². The van der Waals surface area contributed by atoms with E-state index in [1.165, 1.54) is 12.8 Å². The van der Waals surface area contributed by atoms with Gasteiger partial charge in [0.25, 0.3) is 5.24 Å². The molecular weight excluding hydrogens is 256 g/mol. The summed E-state index contributed by atoms with van der Waals surface area (Å²) < 4.78 is 1.97. The van der Waals surface area contributed by atoms with Crippen LogP contribution in [-0.4, -0.2) is 14.8 Å². The molecule has 0 amide bonds. The topological polar surface area (TPSA) is 34.9 Å². The maximum atomic E-state index is 11.2. The monoisotopic (exact) mass is 266 g/mol. The zero-order valence-electron chi connectivity index (χ0n) is 9.31. The van der Waals surface area contributed by atoms with E-state index in [0.29, 0.717) is 11.5 Å². The molecule has 0 spiro atoms. The first kappa shape index (κ1) is 11.0. The smallest absolute Gasteiger partial charge is 0.253 e. The van der Waals surface area contributed by atoms with Crippen molar-refractivity contribution < 1.29 is 4.79 Å². The molecule has 0 saturated heterocycles. The van der Waals surface area contributed by atoms with E-state index in [0.717, 1.165) is 15.6 Å². The van der Waals surface area contributed by atoms with Gasteiger partial charge in [0.05, 0.1) is 5.69 Å². The van der Waals surface area contributed by atoms with E-state index in [-0.39, 0.29) is 0 Å². The number of hydrogen-bond donors (Lipinski definition) is 0. The van der Waals surface area contributed by atoms with Crippen LogP contribution in [-0.2, 0) is 0 Å². The van der Waals surface area contributed by atoms with E-state index in [2.05, 4.69) is 4.98 Å². The lowest BCUT2D eigenvalue weighted by Crippen LogP contribution is -1.88. The van der Waals surface area contributed by atoms with Gasteiger partial charge in [-0.1, -0.05) is 0 Å². The molecule has 2 aromatic heterocycles. The fourth-order valence-corrected chi connectivity index (χ4v) is 3.05. The minimum Gasteiger partial charge on any atom is -0.297 e. The van der Waals surface area contributed by atoms with Gasteiger partial charge in [-0.05, 0) is 37.4 Å². The second-order valence-electron chi connectivity index (χ2n) is 4.31. The lowest BCUT2D eigenvalue weighted by atomic mass is 10.3. The molecule has 5 heteroatoms. The standard InChI is InChI=1S/C12H11ClN2OS/c1-7-9(12(13)16)4-11(17-7)15-5-10(14-6-15)8-2-3-8/h4-6,8H,2-3H2,1H3. The number of thiophene rings is 1. The largest absolute Gasteiger partial charge is 0.297 e. The Morgan fingerprint density at radius 2 is 2.35 bits per heavy atom. The number of imidazole rings is 1. The van der Waals surface area contributed by atoms with Gasteiger partial charge >= 0.3 is 0 Å². The fourth-order valence-electron chi connectivity index (χ4n) is 1.84. The Labute approximate surface area is 108 Å². The molecule has 0 atom stereocenters. The maximum absolute atomic E-state index is 11.2. The van der Waals surface area contributed by atoms with Crippen molar-refractivity contribution >= 4 is 28.2 Å². The van der Waals surface area contributed by atoms with Crippen LogP contribution in [0.2, 0.25) is 0 Å². The summed E-state index contributed by atoms with van der Waals surface area (Å²) in [6.45, 7) is 1.91. The molecule has 1 fully saturated rings. The van der Waals surface area contributed by atoms with Crippen molar-refractivity contribution in [2.45, 2.75) is 25.7 Å². The third kappa shape index (κ3) is 2.03. The number of nitrogens with zero attached hydrogens (tertiary/aromatic N) is 2. The number of aryl methyl sites for hydroxylation is 1. The summed E-state index contributed by atoms with van der Waals surface area (Å²) in [5, 5.41) is 0.596. The Bertz CT molecular complexity index is 583. The van der Waals surface area contributed by atoms with Crippen LogP contribution in [0.15, 0.2) is 18.6 Å². The normalized spacial score (nSPS) is 15.2. The van der Waals surface area contributed by atoms with Gasteiger partial charge in [0, 0.05) is 22.6 Å². The molecule has 2 aromatic rings. The zero-order valence-corrected chi connectivity index (χ0v) is 10.9. The van der Waals surface area contributed by atoms with Crippen molar-refractivity contribution in [2.24, 2.45) is 0 Å². The number of halogens is 1. The Hall–Kier alpha value is -1.13. The molecule has 0 radical (unpaired) electrons. The van der Waals surface area contributed by atoms with Crippen molar-refractivity contribution in [1.29, 1.82) is 0 Å². The number of carbonyl (C=O) groups excluding carboxylic acids is 1. The van der Waals surface area contributed by atoms with Crippen LogP contribution in [0.5, 0.6) is 0 Å². The van der Waals surface area contributed by atoms with Crippen LogP contribution in [0, 0.1) is 6.92 Å². The summed E-state index contributed by atoms with van der Waals surface area (Å²) in [4.78, 5) is 16.5. The Morgan fingerprint density at radius 1 is 1.59 bits per heavy atom. The van der Waals surface area contributed by atoms with E-state index in [1.807, 2.05) is 23.8 Å². The van der Waals surface area contributed by atoms with E-state index < -0.39 is 5.24 Å². The predicted molar refractivity (Wildman–Crippen MR) is 68.3 cm³/mol. The van der Waals surface area contributed by atoms with E-state index in [1.54, 1.807) is 17.7 Å². The second-order valence-corrected chi connectivity index (χ2v) is 5.89. The number of hydrogen-bond acceptors (Lipinski definition) is 3. The molecular formula is C12H11ClN2OS. The first-order valence-corrected chi connectivity index (χ1v) is 6.69. The number of carbonyl (C=O) groups is 1. The van der Waals surface area contributed by atoms with Crippen LogP contribution < -0.4 is 0 Å². The zero-order chi connectivity index (χ0) is 12.0. The Balaban J connectivity index is 1.96. The highest BCUT2D eigenvalue weighted by Gasteiger charge is 2.26. The lowest BCUT2D eigenvalue weighted by Gasteiger charge is -1.94. The predicted octanol–water partition coefficient (Wildman–Crippen LogP) is 3.50. The van der Waals surface area contributed by atoms with Crippen molar-refractivity contribution in [3.05, 3.63) is 34.7 Å². The van der Waals surface area contributed by atoms with Crippen molar-refractivity contribution in [1.82, 2.24) is 9.55 Å². The third-order valence-corrected chi connectivity index (χ3v) is 4.24. The summed E-state index contributed by atoms with van der Waals surface area (Å²) >= 11 is 7.08. The molecule has 0 N–H and O–H groups in total. The highest BCUT2D eigenvalue weighted by Crippen LogP contribution is 2.39. The number of rotatable bonds is 3. The summed E-state index contributed by atoms with van der Waals surface area (Å²) in [5.41, 5.74) is 1.74. The average Bonchev–Trinajstić information content (AvgIpc) is 2.88. The van der Waals surface area contributed by atoms with Crippen molar-refractivity contribution in [3.8, 4) is 5.00 Å². The highest BCUT2D eigenvalue weighted by atomic mass is 35.5. The van der Waals surface area contributed by atoms with E-state index >= 15 is 0 Å². The van der Waals surface area contributed by atoms with Gasteiger partial charge in [0.1, 0.15) is 11.3 Å². The van der Waals surface area contributed by atoms with Gasteiger partial charge in [0.2, 0.25) is 0 Å². The molecule has 3 nitrogen and oxygen atoms in total. The van der Waals surface area contributed by atoms with Crippen LogP contribution >= 0.6 is 22.9 Å². The molecule has 0 unspecified atom stereocenters. The quantitative estimate of drug-likeness (QED) is 0.797. The first-order chi connectivity index (χ1) is 8.15. The maximum Gasteiger partial charge on any atom is 0.253 e. The van der Waals surface area contributed by atoms with Gasteiger partial charge in [-0.3, -0.25) is 9.36 Å². The van der Waals surface area contributed by atoms with E-state index in [4.69, 9.17) is 11.6 Å². The van der Waals surface area contributed by atoms with E-state index in [9.17, 15) is 4.79 Å². The van der Waals surface area contributed by atoms with Gasteiger partial charge in [-0.2, -0.15) is 0 Å². The molecule has 1 aliphatic rings. The lowest BCUT2D eigenvalue weighted by molar-refractivity contribution is 0.108. The van der Waals surface area contributed by atoms with Crippen molar-refractivity contribution in [2.75, 3.05) is 0 Å². The molecule has 3 rings (SSSR count). The summed E-state index contributed by atoms with van der Waals surface area (Å²) in [5.74, 6) is 0.645. The van der Waals surface area contributed by atoms with Crippen LogP contribution in [0.1, 0.15) is 39.7 Å². The van der Waals surface area contributed by atoms with Crippen LogP contribution in [0.3, 0.4) is 0 Å². The summed E-state index contributed by atoms with van der Waals surface area (Å²) in [6.07, 6.45) is 6.34. The van der Waals surface area contributed by atoms with Gasteiger partial charge in [-0.25, -0.2) is 4.98 Å². The third-order valence-electron chi connectivity index (χ3n) is 2.97. The van der Waals surface area contributed by atoms with Crippen LogP contribution in [0.4, 0.5) is 0 Å². The molecule has 88 valence electrons. The average molecular weight is 267 g/mol. The summed E-state index contributed by atoms with van der Waals surface area (Å²) in [6, 6.07) is 1.83. The summed E-state index contributed by atoms with van der Waals surface area (Å²) in [7, 11) is 0. The molecule has 17 heavy (non-hydrogen) atoms. The Kier molecular flexibility index (Phi) is 2.56. The minimum absolute atomic E-state index is 0.396. The first-order valence-electron chi connectivity index (χ1n) is 5.49. The fraction of sp³-hybridized carbons (Fsp3) is 0.333. The van der Waals surface area contributed by atoms with Crippen molar-refractivity contribution in [3.63, 3.8) is 0 Å². The molecule has 0 bridgehead atoms.